The molecule has 1 aromatic heterocycles. The quantitative estimate of drug-likeness (QED) is 0.853. The predicted molar refractivity (Wildman–Crippen MR) is 67.4 cm³/mol. The third kappa shape index (κ3) is 2.83. The number of hydrogen-bond acceptors (Lipinski definition) is 2. The first kappa shape index (κ1) is 11.1. The molecule has 0 bridgehead atoms. The van der Waals surface area contributed by atoms with Crippen LogP contribution in [0.15, 0.2) is 47.1 Å². The molecule has 0 unspecified atom stereocenters. The van der Waals surface area contributed by atoms with Gasteiger partial charge in [0.1, 0.15) is 12.4 Å². The first-order valence-electron chi connectivity index (χ1n) is 5.04. The Kier molecular flexibility index (Phi) is 3.57. The van der Waals surface area contributed by atoms with E-state index in [0.717, 1.165) is 21.5 Å². The van der Waals surface area contributed by atoms with E-state index in [9.17, 15) is 0 Å². The summed E-state index contributed by atoms with van der Waals surface area (Å²) in [7, 11) is 0. The van der Waals surface area contributed by atoms with E-state index in [2.05, 4.69) is 20.9 Å². The van der Waals surface area contributed by atoms with Crippen LogP contribution in [0.5, 0.6) is 5.75 Å². The maximum Gasteiger partial charge on any atom is 0.130 e. The molecule has 0 fully saturated rings. The first-order valence-corrected chi connectivity index (χ1v) is 5.84. The van der Waals surface area contributed by atoms with Crippen LogP contribution in [0.2, 0.25) is 0 Å². The van der Waals surface area contributed by atoms with Gasteiger partial charge in [0.25, 0.3) is 0 Å². The monoisotopic (exact) mass is 277 g/mol. The summed E-state index contributed by atoms with van der Waals surface area (Å²) < 4.78 is 6.66. The molecule has 1 aromatic carbocycles. The van der Waals surface area contributed by atoms with Crippen LogP contribution in [0.25, 0.3) is 0 Å². The Morgan fingerprint density at radius 2 is 2.00 bits per heavy atom. The van der Waals surface area contributed by atoms with Gasteiger partial charge in [-0.1, -0.05) is 18.2 Å². The smallest absolute Gasteiger partial charge is 0.130 e. The second-order valence-corrected chi connectivity index (χ2v) is 4.44. The van der Waals surface area contributed by atoms with Gasteiger partial charge in [-0.25, -0.2) is 0 Å². The largest absolute Gasteiger partial charge is 0.487 e. The molecule has 2 aromatic rings. The lowest BCUT2D eigenvalue weighted by Gasteiger charge is -2.08. The van der Waals surface area contributed by atoms with Crippen LogP contribution in [0.3, 0.4) is 0 Å². The molecular weight excluding hydrogens is 266 g/mol. The maximum atomic E-state index is 5.68. The molecule has 0 N–H and O–H groups in total. The minimum absolute atomic E-state index is 0.498. The molecule has 0 saturated heterocycles. The Morgan fingerprint density at radius 1 is 1.19 bits per heavy atom. The summed E-state index contributed by atoms with van der Waals surface area (Å²) in [5.74, 6) is 0.909. The van der Waals surface area contributed by atoms with Gasteiger partial charge in [0.05, 0.1) is 5.69 Å². The molecule has 0 aliphatic carbocycles. The Morgan fingerprint density at radius 3 is 2.69 bits per heavy atom. The number of rotatable bonds is 3. The standard InChI is InChI=1S/C13H12BrNO/c1-10-4-2-3-5-13(10)16-9-12-7-6-11(14)8-15-12/h2-8H,9H2,1H3. The lowest BCUT2D eigenvalue weighted by atomic mass is 10.2. The van der Waals surface area contributed by atoms with Crippen molar-refractivity contribution in [1.29, 1.82) is 0 Å². The lowest BCUT2D eigenvalue weighted by molar-refractivity contribution is 0.299. The van der Waals surface area contributed by atoms with Crippen molar-refractivity contribution in [3.8, 4) is 5.75 Å². The Bertz CT molecular complexity index is 468. The van der Waals surface area contributed by atoms with E-state index in [1.54, 1.807) is 6.20 Å². The minimum Gasteiger partial charge on any atom is -0.487 e. The SMILES string of the molecule is Cc1ccccc1OCc1ccc(Br)cn1. The summed E-state index contributed by atoms with van der Waals surface area (Å²) in [6.45, 7) is 2.53. The molecule has 2 nitrogen and oxygen atoms in total. The average molecular weight is 278 g/mol. The summed E-state index contributed by atoms with van der Waals surface area (Å²) >= 11 is 3.35. The second kappa shape index (κ2) is 5.12. The van der Waals surface area contributed by atoms with Gasteiger partial charge in [-0.15, -0.1) is 0 Å². The maximum absolute atomic E-state index is 5.68. The van der Waals surface area contributed by atoms with Gasteiger partial charge in [0.15, 0.2) is 0 Å². The van der Waals surface area contributed by atoms with Crippen molar-refractivity contribution in [2.24, 2.45) is 0 Å². The zero-order valence-electron chi connectivity index (χ0n) is 8.98. The van der Waals surface area contributed by atoms with E-state index >= 15 is 0 Å². The molecule has 0 aliphatic rings. The van der Waals surface area contributed by atoms with Gasteiger partial charge in [0, 0.05) is 10.7 Å². The second-order valence-electron chi connectivity index (χ2n) is 3.52. The molecule has 2 rings (SSSR count). The Labute approximate surface area is 103 Å². The van der Waals surface area contributed by atoms with E-state index in [-0.39, 0.29) is 0 Å². The molecule has 3 heteroatoms. The lowest BCUT2D eigenvalue weighted by Crippen LogP contribution is -1.98. The molecule has 1 heterocycles. The third-order valence-electron chi connectivity index (χ3n) is 2.26. The molecule has 0 saturated carbocycles. The molecule has 0 radical (unpaired) electrons. The number of aryl methyl sites for hydroxylation is 1. The van der Waals surface area contributed by atoms with Gasteiger partial charge in [-0.2, -0.15) is 0 Å². The van der Waals surface area contributed by atoms with Crippen molar-refractivity contribution in [1.82, 2.24) is 4.98 Å². The third-order valence-corrected chi connectivity index (χ3v) is 2.73. The number of nitrogens with zero attached hydrogens (tertiary/aromatic N) is 1. The molecule has 82 valence electrons. The Hall–Kier alpha value is -1.35. The highest BCUT2D eigenvalue weighted by Crippen LogP contribution is 2.17. The van der Waals surface area contributed by atoms with E-state index < -0.39 is 0 Å². The van der Waals surface area contributed by atoms with Crippen molar-refractivity contribution in [3.05, 3.63) is 58.3 Å². The predicted octanol–water partition coefficient (Wildman–Crippen LogP) is 3.73. The normalized spacial score (nSPS) is 10.1. The number of hydrogen-bond donors (Lipinski definition) is 0. The molecule has 0 atom stereocenters. The van der Waals surface area contributed by atoms with Crippen LogP contribution in [-0.2, 0) is 6.61 Å². The van der Waals surface area contributed by atoms with Crippen molar-refractivity contribution in [2.75, 3.05) is 0 Å². The molecule has 16 heavy (non-hydrogen) atoms. The molecule has 0 aliphatic heterocycles. The van der Waals surface area contributed by atoms with Crippen LogP contribution in [0.1, 0.15) is 11.3 Å². The fourth-order valence-electron chi connectivity index (χ4n) is 1.36. The number of halogens is 1. The van der Waals surface area contributed by atoms with Gasteiger partial charge in [-0.3, -0.25) is 4.98 Å². The van der Waals surface area contributed by atoms with E-state index in [1.807, 2.05) is 43.3 Å². The van der Waals surface area contributed by atoms with E-state index in [0.29, 0.717) is 6.61 Å². The number of pyridine rings is 1. The highest BCUT2D eigenvalue weighted by Gasteiger charge is 1.99. The summed E-state index contributed by atoms with van der Waals surface area (Å²) in [5, 5.41) is 0. The van der Waals surface area contributed by atoms with Gasteiger partial charge in [-0.05, 0) is 46.6 Å². The highest BCUT2D eigenvalue weighted by atomic mass is 79.9. The zero-order chi connectivity index (χ0) is 11.4. The van der Waals surface area contributed by atoms with Crippen LogP contribution < -0.4 is 4.74 Å². The number of ether oxygens (including phenoxy) is 1. The van der Waals surface area contributed by atoms with Gasteiger partial charge in [0.2, 0.25) is 0 Å². The highest BCUT2D eigenvalue weighted by molar-refractivity contribution is 9.10. The topological polar surface area (TPSA) is 22.1 Å². The molecule has 0 amide bonds. The van der Waals surface area contributed by atoms with Gasteiger partial charge < -0.3 is 4.74 Å². The van der Waals surface area contributed by atoms with Crippen LogP contribution in [-0.4, -0.2) is 4.98 Å². The van der Waals surface area contributed by atoms with Gasteiger partial charge >= 0.3 is 0 Å². The fourth-order valence-corrected chi connectivity index (χ4v) is 1.60. The zero-order valence-corrected chi connectivity index (χ0v) is 10.6. The Balaban J connectivity index is 2.02. The number of aromatic nitrogens is 1. The summed E-state index contributed by atoms with van der Waals surface area (Å²) in [6, 6.07) is 11.9. The average Bonchev–Trinajstić information content (AvgIpc) is 2.30. The first-order chi connectivity index (χ1) is 7.75. The van der Waals surface area contributed by atoms with Crippen molar-refractivity contribution >= 4 is 15.9 Å². The number of para-hydroxylation sites is 1. The fraction of sp³-hybridized carbons (Fsp3) is 0.154. The summed E-state index contributed by atoms with van der Waals surface area (Å²) in [5.41, 5.74) is 2.06. The van der Waals surface area contributed by atoms with Crippen molar-refractivity contribution < 1.29 is 4.74 Å². The molecular formula is C13H12BrNO. The van der Waals surface area contributed by atoms with Crippen molar-refractivity contribution in [2.45, 2.75) is 13.5 Å². The summed E-state index contributed by atoms with van der Waals surface area (Å²) in [6.07, 6.45) is 1.77. The van der Waals surface area contributed by atoms with Crippen molar-refractivity contribution in [3.63, 3.8) is 0 Å². The van der Waals surface area contributed by atoms with Crippen LogP contribution in [0.4, 0.5) is 0 Å². The minimum atomic E-state index is 0.498. The van der Waals surface area contributed by atoms with Crippen LogP contribution >= 0.6 is 15.9 Å². The number of benzene rings is 1. The molecule has 0 spiro atoms. The van der Waals surface area contributed by atoms with E-state index in [4.69, 9.17) is 4.74 Å². The van der Waals surface area contributed by atoms with E-state index in [1.165, 1.54) is 0 Å². The van der Waals surface area contributed by atoms with Crippen LogP contribution in [0, 0.1) is 6.92 Å². The summed E-state index contributed by atoms with van der Waals surface area (Å²) in [4.78, 5) is 4.25.